The van der Waals surface area contributed by atoms with Crippen LogP contribution in [0.15, 0.2) is 31.0 Å². The first-order chi connectivity index (χ1) is 18.5. The van der Waals surface area contributed by atoms with Crippen LogP contribution in [0, 0.1) is 6.92 Å². The number of rotatable bonds is 6. The van der Waals surface area contributed by atoms with Gasteiger partial charge in [-0.15, -0.1) is 0 Å². The predicted octanol–water partition coefficient (Wildman–Crippen LogP) is 3.84. The number of ether oxygens (including phenoxy) is 2. The van der Waals surface area contributed by atoms with Crippen LogP contribution < -0.4 is 4.74 Å². The van der Waals surface area contributed by atoms with Gasteiger partial charge in [0.2, 0.25) is 5.91 Å². The molecule has 3 aromatic rings. The van der Waals surface area contributed by atoms with Crippen molar-refractivity contribution in [1.29, 1.82) is 0 Å². The fourth-order valence-electron chi connectivity index (χ4n) is 6.30. The van der Waals surface area contributed by atoms with E-state index in [9.17, 15) is 4.79 Å². The number of carbonyl (C=O) groups excluding carboxylic acids is 1. The monoisotopic (exact) mass is 516 g/mol. The Kier molecular flexibility index (Phi) is 6.88. The highest BCUT2D eigenvalue weighted by Gasteiger charge is 2.33. The molecule has 2 atom stereocenters. The molecular weight excluding hydrogens is 480 g/mol. The van der Waals surface area contributed by atoms with Crippen LogP contribution in [-0.2, 0) is 22.6 Å². The van der Waals surface area contributed by atoms with Gasteiger partial charge in [-0.2, -0.15) is 15.1 Å². The molecule has 2 saturated heterocycles. The number of nitrogens with one attached hydrogen (secondary N) is 1. The first-order valence-corrected chi connectivity index (χ1v) is 13.7. The Morgan fingerprint density at radius 2 is 2.08 bits per heavy atom. The van der Waals surface area contributed by atoms with E-state index in [0.29, 0.717) is 44.8 Å². The topological polar surface area (TPSA) is 96.5 Å². The lowest BCUT2D eigenvalue weighted by Crippen LogP contribution is -2.37. The number of likely N-dealkylation sites (tertiary alicyclic amines) is 2. The molecule has 200 valence electrons. The van der Waals surface area contributed by atoms with E-state index in [4.69, 9.17) is 19.4 Å². The van der Waals surface area contributed by atoms with E-state index in [1.807, 2.05) is 11.1 Å². The summed E-state index contributed by atoms with van der Waals surface area (Å²) < 4.78 is 12.8. The molecule has 38 heavy (non-hydrogen) atoms. The number of fused-ring (bicyclic) bond motifs is 2. The summed E-state index contributed by atoms with van der Waals surface area (Å²) in [7, 11) is 2.15. The minimum absolute atomic E-state index is 0.00663. The average Bonchev–Trinajstić information content (AvgIpc) is 3.59. The highest BCUT2D eigenvalue weighted by molar-refractivity contribution is 5.87. The summed E-state index contributed by atoms with van der Waals surface area (Å²) in [4.78, 5) is 26.3. The Labute approximate surface area is 223 Å². The number of aromatic amines is 1. The maximum Gasteiger partial charge on any atom is 0.316 e. The highest BCUT2D eigenvalue weighted by atomic mass is 16.5. The van der Waals surface area contributed by atoms with Gasteiger partial charge < -0.3 is 19.3 Å². The highest BCUT2D eigenvalue weighted by Crippen LogP contribution is 2.39. The van der Waals surface area contributed by atoms with E-state index in [-0.39, 0.29) is 17.9 Å². The predicted molar refractivity (Wildman–Crippen MR) is 144 cm³/mol. The molecule has 5 heterocycles. The summed E-state index contributed by atoms with van der Waals surface area (Å²) in [6.07, 6.45) is 7.85. The lowest BCUT2D eigenvalue weighted by molar-refractivity contribution is -0.127. The zero-order valence-corrected chi connectivity index (χ0v) is 22.3. The van der Waals surface area contributed by atoms with Crippen molar-refractivity contribution >= 4 is 16.8 Å². The number of amides is 1. The number of benzene rings is 1. The Hall–Kier alpha value is -3.30. The zero-order valence-electron chi connectivity index (χ0n) is 22.3. The second kappa shape index (κ2) is 10.5. The van der Waals surface area contributed by atoms with Crippen LogP contribution >= 0.6 is 0 Å². The van der Waals surface area contributed by atoms with Gasteiger partial charge in [0.05, 0.1) is 35.8 Å². The van der Waals surface area contributed by atoms with Gasteiger partial charge in [0.25, 0.3) is 0 Å². The minimum atomic E-state index is -0.118. The molecular formula is C29H36N6O3. The molecule has 3 aliphatic rings. The number of nitrogens with zero attached hydrogens (tertiary/aromatic N) is 5. The van der Waals surface area contributed by atoms with E-state index in [2.05, 4.69) is 47.8 Å². The van der Waals surface area contributed by atoms with Crippen LogP contribution in [0.3, 0.4) is 0 Å². The van der Waals surface area contributed by atoms with Gasteiger partial charge in [-0.1, -0.05) is 12.6 Å². The number of aromatic nitrogens is 4. The molecule has 3 aliphatic heterocycles. The Morgan fingerprint density at radius 3 is 2.84 bits per heavy atom. The van der Waals surface area contributed by atoms with Crippen molar-refractivity contribution in [3.8, 4) is 6.01 Å². The van der Waals surface area contributed by atoms with Crippen molar-refractivity contribution in [3.63, 3.8) is 0 Å². The standard InChI is InChI=1S/C29H36N6O3/c1-4-26(36)35-12-9-19(10-13-35)28-22-17-37-25(27-18(2)7-8-23-21(27)15-30-33-23)14-24(22)31-29(32-28)38-16-20-6-5-11-34(20)3/h4,7-8,15,19-20,25H,1,5-6,9-14,16-17H2,2-3H3,(H,30,33). The second-order valence-electron chi connectivity index (χ2n) is 10.8. The van der Waals surface area contributed by atoms with Crippen molar-refractivity contribution in [2.24, 2.45) is 0 Å². The van der Waals surface area contributed by atoms with Crippen LogP contribution in [-0.4, -0.2) is 75.2 Å². The molecule has 0 saturated carbocycles. The van der Waals surface area contributed by atoms with Crippen LogP contribution in [0.2, 0.25) is 0 Å². The van der Waals surface area contributed by atoms with Crippen molar-refractivity contribution < 1.29 is 14.3 Å². The fourth-order valence-corrected chi connectivity index (χ4v) is 6.30. The largest absolute Gasteiger partial charge is 0.462 e. The molecule has 0 aliphatic carbocycles. The maximum atomic E-state index is 12.1. The zero-order chi connectivity index (χ0) is 26.2. The molecule has 0 bridgehead atoms. The fraction of sp³-hybridized carbons (Fsp3) is 0.517. The number of likely N-dealkylation sites (N-methyl/N-ethyl adjacent to an activating group) is 1. The summed E-state index contributed by atoms with van der Waals surface area (Å²) in [6.45, 7) is 9.31. The van der Waals surface area contributed by atoms with Crippen molar-refractivity contribution in [2.75, 3.05) is 33.3 Å². The van der Waals surface area contributed by atoms with Crippen molar-refractivity contribution in [1.82, 2.24) is 30.0 Å². The molecule has 9 heteroatoms. The smallest absolute Gasteiger partial charge is 0.316 e. The minimum Gasteiger partial charge on any atom is -0.462 e. The lowest BCUT2D eigenvalue weighted by atomic mass is 9.87. The molecule has 2 fully saturated rings. The van der Waals surface area contributed by atoms with Gasteiger partial charge in [-0.25, -0.2) is 0 Å². The molecule has 9 nitrogen and oxygen atoms in total. The van der Waals surface area contributed by atoms with Crippen molar-refractivity contribution in [3.05, 3.63) is 59.1 Å². The lowest BCUT2D eigenvalue weighted by Gasteiger charge is -2.34. The van der Waals surface area contributed by atoms with Gasteiger partial charge in [0, 0.05) is 42.4 Å². The number of aryl methyl sites for hydroxylation is 1. The molecule has 1 aromatic carbocycles. The molecule has 1 amide bonds. The molecule has 6 rings (SSSR count). The number of H-pyrrole nitrogens is 1. The summed E-state index contributed by atoms with van der Waals surface area (Å²) in [5.74, 6) is 0.226. The third kappa shape index (κ3) is 4.69. The Morgan fingerprint density at radius 1 is 1.24 bits per heavy atom. The summed E-state index contributed by atoms with van der Waals surface area (Å²) >= 11 is 0. The van der Waals surface area contributed by atoms with Gasteiger partial charge in [-0.05, 0) is 69.5 Å². The number of hydrogen-bond donors (Lipinski definition) is 1. The van der Waals surface area contributed by atoms with Gasteiger partial charge in [0.15, 0.2) is 0 Å². The second-order valence-corrected chi connectivity index (χ2v) is 10.8. The van der Waals surface area contributed by atoms with Crippen molar-refractivity contribution in [2.45, 2.75) is 63.7 Å². The SMILES string of the molecule is C=CC(=O)N1CCC(c2nc(OCC3CCCN3C)nc3c2COC(c2c(C)ccc4[nH]ncc24)C3)CC1. The molecule has 2 unspecified atom stereocenters. The Balaban J connectivity index is 1.31. The third-order valence-electron chi connectivity index (χ3n) is 8.56. The van der Waals surface area contributed by atoms with Crippen LogP contribution in [0.4, 0.5) is 0 Å². The molecule has 2 aromatic heterocycles. The van der Waals surface area contributed by atoms with Gasteiger partial charge in [-0.3, -0.25) is 9.89 Å². The maximum absolute atomic E-state index is 12.1. The van der Waals surface area contributed by atoms with Crippen LogP contribution in [0.25, 0.3) is 10.9 Å². The number of carbonyl (C=O) groups is 1. The van der Waals surface area contributed by atoms with E-state index < -0.39 is 0 Å². The third-order valence-corrected chi connectivity index (χ3v) is 8.56. The summed E-state index contributed by atoms with van der Waals surface area (Å²) in [5, 5.41) is 8.43. The molecule has 1 N–H and O–H groups in total. The van der Waals surface area contributed by atoms with E-state index in [1.165, 1.54) is 18.1 Å². The first-order valence-electron chi connectivity index (χ1n) is 13.7. The number of hydrogen-bond acceptors (Lipinski definition) is 7. The van der Waals surface area contributed by atoms with E-state index in [0.717, 1.165) is 59.2 Å². The summed E-state index contributed by atoms with van der Waals surface area (Å²) in [5.41, 5.74) is 6.46. The molecule has 0 radical (unpaired) electrons. The summed E-state index contributed by atoms with van der Waals surface area (Å²) in [6, 6.07) is 5.03. The Bertz CT molecular complexity index is 1350. The van der Waals surface area contributed by atoms with Crippen LogP contribution in [0.5, 0.6) is 6.01 Å². The first kappa shape index (κ1) is 25.0. The van der Waals surface area contributed by atoms with Crippen LogP contribution in [0.1, 0.15) is 65.8 Å². The normalized spacial score (nSPS) is 22.5. The quantitative estimate of drug-likeness (QED) is 0.497. The van der Waals surface area contributed by atoms with E-state index >= 15 is 0 Å². The average molecular weight is 517 g/mol. The molecule has 0 spiro atoms. The van der Waals surface area contributed by atoms with Gasteiger partial charge >= 0.3 is 6.01 Å². The number of piperidine rings is 1. The van der Waals surface area contributed by atoms with Gasteiger partial charge in [0.1, 0.15) is 6.61 Å². The van der Waals surface area contributed by atoms with E-state index in [1.54, 1.807) is 0 Å².